The Kier molecular flexibility index (Phi) is 7.88. The van der Waals surface area contributed by atoms with Gasteiger partial charge in [0.25, 0.3) is 0 Å². The highest BCUT2D eigenvalue weighted by atomic mass is 35.5. The van der Waals surface area contributed by atoms with Crippen molar-refractivity contribution < 1.29 is 24.1 Å². The van der Waals surface area contributed by atoms with Gasteiger partial charge in [-0.05, 0) is 12.1 Å². The van der Waals surface area contributed by atoms with E-state index >= 15 is 0 Å². The molecule has 2 radical (unpaired) electrons. The van der Waals surface area contributed by atoms with Gasteiger partial charge < -0.3 is 24.1 Å². The van der Waals surface area contributed by atoms with Gasteiger partial charge in [-0.25, -0.2) is 4.98 Å². The van der Waals surface area contributed by atoms with Crippen molar-refractivity contribution in [1.29, 1.82) is 0 Å². The van der Waals surface area contributed by atoms with Gasteiger partial charge in [-0.15, -0.1) is 0 Å². The minimum atomic E-state index is -1.28. The summed E-state index contributed by atoms with van der Waals surface area (Å²) in [6, 6.07) is 10.9. The molecular formula is C28H31BClN5O5Si. The van der Waals surface area contributed by atoms with Crippen LogP contribution in [0.5, 0.6) is 6.01 Å². The summed E-state index contributed by atoms with van der Waals surface area (Å²) in [6.07, 6.45) is 1.29. The van der Waals surface area contributed by atoms with Gasteiger partial charge in [-0.3, -0.25) is 14.5 Å². The number of benzene rings is 1. The van der Waals surface area contributed by atoms with Crippen LogP contribution < -0.4 is 10.3 Å². The summed E-state index contributed by atoms with van der Waals surface area (Å²) in [6.45, 7) is 8.27. The summed E-state index contributed by atoms with van der Waals surface area (Å²) < 4.78 is 25.7. The number of fused-ring (bicyclic) bond motifs is 2. The van der Waals surface area contributed by atoms with E-state index in [1.165, 1.54) is 6.20 Å². The summed E-state index contributed by atoms with van der Waals surface area (Å²) >= 11 is 6.73. The smallest absolute Gasteiger partial charge is 0.301 e. The number of ether oxygens (including phenoxy) is 4. The van der Waals surface area contributed by atoms with E-state index < -0.39 is 26.4 Å². The second-order valence-corrected chi connectivity index (χ2v) is 17.6. The van der Waals surface area contributed by atoms with E-state index in [1.807, 2.05) is 28.8 Å². The molecular weight excluding hydrogens is 561 g/mol. The molecule has 0 saturated carbocycles. The molecule has 1 N–H and O–H groups in total. The number of imidazole rings is 1. The number of aromatic nitrogens is 5. The van der Waals surface area contributed by atoms with E-state index in [0.29, 0.717) is 45.8 Å². The van der Waals surface area contributed by atoms with Crippen LogP contribution in [-0.2, 0) is 20.9 Å². The second kappa shape index (κ2) is 11.4. The fourth-order valence-electron chi connectivity index (χ4n) is 4.91. The summed E-state index contributed by atoms with van der Waals surface area (Å²) in [5.74, 6) is 0. The molecule has 5 heterocycles. The number of hydrogen-bond acceptors (Lipinski definition) is 9. The normalized spacial score (nSPS) is 22.4. The maximum atomic E-state index is 10.1. The van der Waals surface area contributed by atoms with E-state index in [0.717, 1.165) is 17.2 Å². The number of halogens is 1. The molecule has 2 fully saturated rings. The summed E-state index contributed by atoms with van der Waals surface area (Å²) in [5.41, 5.74) is 4.59. The third kappa shape index (κ3) is 6.04. The molecule has 3 aromatic heterocycles. The van der Waals surface area contributed by atoms with Crippen molar-refractivity contribution in [3.05, 3.63) is 47.7 Å². The largest absolute Gasteiger partial charge is 0.456 e. The lowest BCUT2D eigenvalue weighted by Gasteiger charge is -2.19. The van der Waals surface area contributed by atoms with Gasteiger partial charge in [0.15, 0.2) is 11.8 Å². The molecule has 10 nitrogen and oxygen atoms in total. The lowest BCUT2D eigenvalue weighted by molar-refractivity contribution is 0.00336. The van der Waals surface area contributed by atoms with E-state index in [-0.39, 0.29) is 26.0 Å². The molecule has 0 aliphatic carbocycles. The van der Waals surface area contributed by atoms with E-state index in [1.54, 1.807) is 12.3 Å². The second-order valence-electron chi connectivity index (χ2n) is 11.6. The maximum Gasteiger partial charge on any atom is 0.301 e. The molecule has 0 spiro atoms. The molecule has 212 valence electrons. The minimum Gasteiger partial charge on any atom is -0.456 e. The summed E-state index contributed by atoms with van der Waals surface area (Å²) in [4.78, 5) is 18.1. The molecule has 6 rings (SSSR count). The molecule has 0 bridgehead atoms. The zero-order valence-electron chi connectivity index (χ0n) is 23.2. The van der Waals surface area contributed by atoms with Crippen molar-refractivity contribution in [3.8, 4) is 28.5 Å². The first kappa shape index (κ1) is 28.3. The summed E-state index contributed by atoms with van der Waals surface area (Å²) in [7, 11) is 4.39. The zero-order chi connectivity index (χ0) is 28.7. The first-order valence-corrected chi connectivity index (χ1v) is 17.7. The van der Waals surface area contributed by atoms with E-state index in [9.17, 15) is 5.11 Å². The minimum absolute atomic E-state index is 0.213. The maximum absolute atomic E-state index is 10.1. The number of nitrogens with zero attached hydrogens (tertiary/aromatic N) is 5. The number of rotatable bonds is 9. The number of aliphatic hydroxyl groups is 1. The molecule has 41 heavy (non-hydrogen) atoms. The molecule has 2 saturated heterocycles. The third-order valence-corrected chi connectivity index (χ3v) is 9.21. The van der Waals surface area contributed by atoms with Gasteiger partial charge >= 0.3 is 6.01 Å². The van der Waals surface area contributed by atoms with Crippen LogP contribution in [0.1, 0.15) is 0 Å². The van der Waals surface area contributed by atoms with Gasteiger partial charge in [0.2, 0.25) is 0 Å². The topological polar surface area (TPSA) is 114 Å². The lowest BCUT2D eigenvalue weighted by atomic mass is 10.0. The Bertz CT molecular complexity index is 1530. The van der Waals surface area contributed by atoms with Crippen LogP contribution >= 0.6 is 11.6 Å². The van der Waals surface area contributed by atoms with Gasteiger partial charge in [0.1, 0.15) is 38.4 Å². The molecule has 4 atom stereocenters. The predicted octanol–water partition coefficient (Wildman–Crippen LogP) is 3.22. The number of pyridine rings is 1. The van der Waals surface area contributed by atoms with Crippen LogP contribution in [-0.4, -0.2) is 89.8 Å². The molecule has 2 aliphatic heterocycles. The average Bonchev–Trinajstić information content (AvgIpc) is 3.61. The van der Waals surface area contributed by atoms with Crippen molar-refractivity contribution in [2.75, 3.05) is 19.8 Å². The zero-order valence-corrected chi connectivity index (χ0v) is 24.9. The highest BCUT2D eigenvalue weighted by molar-refractivity contribution is 6.76. The van der Waals surface area contributed by atoms with Gasteiger partial charge in [-0.2, -0.15) is 4.98 Å². The number of aliphatic hydroxyl groups excluding tert-OH is 1. The van der Waals surface area contributed by atoms with Crippen LogP contribution in [0.25, 0.3) is 33.7 Å². The SMILES string of the molecule is [B]c1cnc(-c2ccc(-c3nc4c(cc3Cl)nc(OC3COC5C(O)COC35)n4COCC[Si](C)(C)C)cc2)cn1. The van der Waals surface area contributed by atoms with Crippen LogP contribution in [0.3, 0.4) is 0 Å². The fourth-order valence-corrected chi connectivity index (χ4v) is 5.93. The third-order valence-electron chi connectivity index (χ3n) is 7.22. The van der Waals surface area contributed by atoms with E-state index in [2.05, 4.69) is 29.6 Å². The van der Waals surface area contributed by atoms with Crippen molar-refractivity contribution in [1.82, 2.24) is 24.5 Å². The Morgan fingerprint density at radius 1 is 1.05 bits per heavy atom. The Morgan fingerprint density at radius 2 is 1.80 bits per heavy atom. The van der Waals surface area contributed by atoms with Crippen molar-refractivity contribution in [2.45, 2.75) is 56.8 Å². The Hall–Kier alpha value is -2.87. The molecule has 0 amide bonds. The van der Waals surface area contributed by atoms with Crippen LogP contribution in [0.2, 0.25) is 30.7 Å². The average molecular weight is 592 g/mol. The molecule has 4 aromatic rings. The van der Waals surface area contributed by atoms with Crippen molar-refractivity contribution >= 4 is 44.3 Å². The highest BCUT2D eigenvalue weighted by Gasteiger charge is 2.49. The first-order valence-electron chi connectivity index (χ1n) is 13.6. The Balaban J connectivity index is 1.31. The van der Waals surface area contributed by atoms with Gasteiger partial charge in [-0.1, -0.05) is 55.5 Å². The lowest BCUT2D eigenvalue weighted by Crippen LogP contribution is -2.35. The Morgan fingerprint density at radius 3 is 2.54 bits per heavy atom. The highest BCUT2D eigenvalue weighted by Crippen LogP contribution is 2.34. The predicted molar refractivity (Wildman–Crippen MR) is 158 cm³/mol. The number of hydrogen-bond donors (Lipinski definition) is 1. The molecule has 2 aliphatic rings. The molecule has 13 heteroatoms. The van der Waals surface area contributed by atoms with Crippen molar-refractivity contribution in [3.63, 3.8) is 0 Å². The van der Waals surface area contributed by atoms with Gasteiger partial charge in [0.05, 0.1) is 35.8 Å². The van der Waals surface area contributed by atoms with Crippen molar-refractivity contribution in [2.24, 2.45) is 0 Å². The first-order chi connectivity index (χ1) is 19.7. The van der Waals surface area contributed by atoms with E-state index in [4.69, 9.17) is 48.4 Å². The van der Waals surface area contributed by atoms with Gasteiger partial charge in [0, 0.05) is 37.6 Å². The van der Waals surface area contributed by atoms with Crippen LogP contribution in [0.4, 0.5) is 0 Å². The van der Waals surface area contributed by atoms with Crippen LogP contribution in [0, 0.1) is 0 Å². The molecule has 4 unspecified atom stereocenters. The molecule has 1 aromatic carbocycles. The quantitative estimate of drug-likeness (QED) is 0.231. The summed E-state index contributed by atoms with van der Waals surface area (Å²) in [5, 5.41) is 10.6. The fraction of sp³-hybridized carbons (Fsp3) is 0.429. The Labute approximate surface area is 245 Å². The van der Waals surface area contributed by atoms with Crippen LogP contribution in [0.15, 0.2) is 42.7 Å². The monoisotopic (exact) mass is 591 g/mol. The standard InChI is InChI=1S/C28H31BClN5O5Si/c1-41(2,3)9-8-37-15-35-27-19(33-28(35)40-22-14-39-25-21(36)13-38-26(22)25)10-18(30)24(34-27)17-6-4-16(5-7-17)20-11-32-23(29)12-31-20/h4-7,10-12,21-22,25-26,36H,8-9,13-15H2,1-3H3.